The molecule has 0 bridgehead atoms. The second-order valence-electron chi connectivity index (χ2n) is 4.32. The van der Waals surface area contributed by atoms with Crippen molar-refractivity contribution in [1.29, 1.82) is 0 Å². The van der Waals surface area contributed by atoms with Crippen LogP contribution >= 0.6 is 11.6 Å². The van der Waals surface area contributed by atoms with Crippen molar-refractivity contribution in [3.63, 3.8) is 0 Å². The van der Waals surface area contributed by atoms with Crippen LogP contribution < -0.4 is 11.1 Å². The minimum absolute atomic E-state index is 0.207. The Kier molecular flexibility index (Phi) is 4.48. The number of nitrogen functional groups attached to an aromatic ring is 1. The molecule has 0 atom stereocenters. The highest BCUT2D eigenvalue weighted by molar-refractivity contribution is 6.32. The molecule has 3 N–H and O–H groups in total. The van der Waals surface area contributed by atoms with Crippen LogP contribution in [0.15, 0.2) is 42.5 Å². The highest BCUT2D eigenvalue weighted by Gasteiger charge is 2.09. The van der Waals surface area contributed by atoms with E-state index in [0.29, 0.717) is 16.4 Å². The summed E-state index contributed by atoms with van der Waals surface area (Å²) in [6.45, 7) is 2.00. The van der Waals surface area contributed by atoms with Gasteiger partial charge < -0.3 is 10.5 Å². The Morgan fingerprint density at radius 1 is 1.25 bits per heavy atom. The average molecular weight is 291 g/mol. The number of carbonyl (C=O) groups is 1. The Morgan fingerprint density at radius 2 is 1.95 bits per heavy atom. The van der Waals surface area contributed by atoms with Crippen molar-refractivity contribution in [1.82, 2.24) is 0 Å². The highest BCUT2D eigenvalue weighted by Crippen LogP contribution is 2.28. The summed E-state index contributed by atoms with van der Waals surface area (Å²) in [5.74, 6) is 0. The molecular weight excluding hydrogens is 276 g/mol. The van der Waals surface area contributed by atoms with E-state index in [0.717, 1.165) is 11.1 Å². The lowest BCUT2D eigenvalue weighted by molar-refractivity contribution is 0.155. The molecular formula is C15H15ClN2O2. The van der Waals surface area contributed by atoms with E-state index in [1.54, 1.807) is 19.1 Å². The van der Waals surface area contributed by atoms with Crippen molar-refractivity contribution in [3.05, 3.63) is 58.6 Å². The largest absolute Gasteiger partial charge is 0.444 e. The van der Waals surface area contributed by atoms with Crippen LogP contribution in [0.5, 0.6) is 0 Å². The first-order valence-corrected chi connectivity index (χ1v) is 6.48. The number of nitrogens with two attached hydrogens (primary N) is 1. The van der Waals surface area contributed by atoms with Gasteiger partial charge in [0.15, 0.2) is 0 Å². The topological polar surface area (TPSA) is 64.3 Å². The molecule has 2 aromatic rings. The van der Waals surface area contributed by atoms with Crippen LogP contribution in [-0.2, 0) is 11.3 Å². The quantitative estimate of drug-likeness (QED) is 0.840. The molecule has 0 fully saturated rings. The molecule has 0 aromatic heterocycles. The third-order valence-corrected chi connectivity index (χ3v) is 3.31. The van der Waals surface area contributed by atoms with Crippen molar-refractivity contribution in [2.24, 2.45) is 0 Å². The van der Waals surface area contributed by atoms with Gasteiger partial charge in [0.25, 0.3) is 0 Å². The van der Waals surface area contributed by atoms with Gasteiger partial charge in [-0.2, -0.15) is 0 Å². The fraction of sp³-hybridized carbons (Fsp3) is 0.133. The molecule has 20 heavy (non-hydrogen) atoms. The van der Waals surface area contributed by atoms with Gasteiger partial charge in [0, 0.05) is 5.02 Å². The maximum atomic E-state index is 11.7. The second-order valence-corrected chi connectivity index (χ2v) is 4.73. The average Bonchev–Trinajstić information content (AvgIpc) is 2.47. The standard InChI is InChI=1S/C15H15ClN2O2/c1-10-12(16)7-8-13(14(10)17)18-15(19)20-9-11-5-3-2-4-6-11/h2-8H,9,17H2,1H3,(H,18,19). The van der Waals surface area contributed by atoms with Gasteiger partial charge in [-0.3, -0.25) is 5.32 Å². The minimum Gasteiger partial charge on any atom is -0.444 e. The van der Waals surface area contributed by atoms with E-state index in [1.165, 1.54) is 0 Å². The van der Waals surface area contributed by atoms with E-state index in [2.05, 4.69) is 5.32 Å². The first-order valence-electron chi connectivity index (χ1n) is 6.10. The third kappa shape index (κ3) is 3.42. The van der Waals surface area contributed by atoms with E-state index in [-0.39, 0.29) is 6.61 Å². The number of anilines is 2. The van der Waals surface area contributed by atoms with Crippen molar-refractivity contribution in [2.45, 2.75) is 13.5 Å². The summed E-state index contributed by atoms with van der Waals surface area (Å²) >= 11 is 5.94. The highest BCUT2D eigenvalue weighted by atomic mass is 35.5. The summed E-state index contributed by atoms with van der Waals surface area (Å²) in [7, 11) is 0. The molecule has 2 rings (SSSR count). The molecule has 4 nitrogen and oxygen atoms in total. The molecule has 2 aromatic carbocycles. The van der Waals surface area contributed by atoms with E-state index in [4.69, 9.17) is 22.1 Å². The molecule has 0 saturated carbocycles. The second kappa shape index (κ2) is 6.30. The molecule has 0 aliphatic carbocycles. The molecule has 0 unspecified atom stereocenters. The Labute approximate surface area is 122 Å². The van der Waals surface area contributed by atoms with Crippen molar-refractivity contribution < 1.29 is 9.53 Å². The zero-order chi connectivity index (χ0) is 14.5. The number of benzene rings is 2. The molecule has 0 radical (unpaired) electrons. The Bertz CT molecular complexity index is 615. The van der Waals surface area contributed by atoms with Crippen LogP contribution in [0.2, 0.25) is 5.02 Å². The smallest absolute Gasteiger partial charge is 0.412 e. The number of nitrogens with one attached hydrogen (secondary N) is 1. The molecule has 0 spiro atoms. The van der Waals surface area contributed by atoms with E-state index in [9.17, 15) is 4.79 Å². The van der Waals surface area contributed by atoms with Gasteiger partial charge in [0.1, 0.15) is 6.61 Å². The predicted octanol–water partition coefficient (Wildman–Crippen LogP) is 3.98. The van der Waals surface area contributed by atoms with Crippen LogP contribution in [0.3, 0.4) is 0 Å². The number of carbonyl (C=O) groups excluding carboxylic acids is 1. The van der Waals surface area contributed by atoms with E-state index in [1.807, 2.05) is 30.3 Å². The van der Waals surface area contributed by atoms with Crippen LogP contribution in [0.25, 0.3) is 0 Å². The fourth-order valence-corrected chi connectivity index (χ4v) is 1.84. The summed E-state index contributed by atoms with van der Waals surface area (Å²) in [6, 6.07) is 12.8. The summed E-state index contributed by atoms with van der Waals surface area (Å²) in [5, 5.41) is 3.16. The summed E-state index contributed by atoms with van der Waals surface area (Å²) in [5.41, 5.74) is 8.46. The number of rotatable bonds is 3. The Balaban J connectivity index is 1.97. The van der Waals surface area contributed by atoms with Crippen molar-refractivity contribution in [2.75, 3.05) is 11.1 Å². The first-order chi connectivity index (χ1) is 9.58. The molecule has 104 valence electrons. The zero-order valence-corrected chi connectivity index (χ0v) is 11.8. The molecule has 0 saturated heterocycles. The number of amides is 1. The summed E-state index contributed by atoms with van der Waals surface area (Å²) in [4.78, 5) is 11.7. The number of ether oxygens (including phenoxy) is 1. The van der Waals surface area contributed by atoms with Gasteiger partial charge in [-0.15, -0.1) is 0 Å². The Morgan fingerprint density at radius 3 is 2.65 bits per heavy atom. The van der Waals surface area contributed by atoms with Crippen LogP contribution in [0.1, 0.15) is 11.1 Å². The van der Waals surface area contributed by atoms with Crippen LogP contribution in [-0.4, -0.2) is 6.09 Å². The lowest BCUT2D eigenvalue weighted by Crippen LogP contribution is -2.15. The minimum atomic E-state index is -0.553. The maximum absolute atomic E-state index is 11.7. The first kappa shape index (κ1) is 14.2. The van der Waals surface area contributed by atoms with E-state index < -0.39 is 6.09 Å². The number of hydrogen-bond acceptors (Lipinski definition) is 3. The third-order valence-electron chi connectivity index (χ3n) is 2.90. The normalized spacial score (nSPS) is 10.1. The molecule has 0 heterocycles. The SMILES string of the molecule is Cc1c(Cl)ccc(NC(=O)OCc2ccccc2)c1N. The summed E-state index contributed by atoms with van der Waals surface area (Å²) in [6.07, 6.45) is -0.553. The monoisotopic (exact) mass is 290 g/mol. The van der Waals surface area contributed by atoms with Gasteiger partial charge in [-0.25, -0.2) is 4.79 Å². The lowest BCUT2D eigenvalue weighted by Gasteiger charge is -2.11. The van der Waals surface area contributed by atoms with Gasteiger partial charge in [-0.1, -0.05) is 41.9 Å². The molecule has 1 amide bonds. The molecule has 0 aliphatic rings. The predicted molar refractivity (Wildman–Crippen MR) is 80.9 cm³/mol. The van der Waals surface area contributed by atoms with Gasteiger partial charge in [0.05, 0.1) is 11.4 Å². The van der Waals surface area contributed by atoms with Gasteiger partial charge >= 0.3 is 6.09 Å². The fourth-order valence-electron chi connectivity index (χ4n) is 1.68. The molecule has 0 aliphatic heterocycles. The lowest BCUT2D eigenvalue weighted by atomic mass is 10.2. The van der Waals surface area contributed by atoms with Crippen molar-refractivity contribution in [3.8, 4) is 0 Å². The van der Waals surface area contributed by atoms with E-state index >= 15 is 0 Å². The summed E-state index contributed by atoms with van der Waals surface area (Å²) < 4.78 is 5.12. The van der Waals surface area contributed by atoms with Crippen LogP contribution in [0, 0.1) is 6.92 Å². The number of halogens is 1. The van der Waals surface area contributed by atoms with Crippen molar-refractivity contribution >= 4 is 29.1 Å². The molecule has 5 heteroatoms. The zero-order valence-electron chi connectivity index (χ0n) is 11.0. The Hall–Kier alpha value is -2.20. The number of hydrogen-bond donors (Lipinski definition) is 2. The maximum Gasteiger partial charge on any atom is 0.412 e. The van der Waals surface area contributed by atoms with Gasteiger partial charge in [0.2, 0.25) is 0 Å². The van der Waals surface area contributed by atoms with Crippen LogP contribution in [0.4, 0.5) is 16.2 Å². The van der Waals surface area contributed by atoms with Gasteiger partial charge in [-0.05, 0) is 30.2 Å².